The maximum Gasteiger partial charge on any atom is 0.185 e. The Labute approximate surface area is 106 Å². The lowest BCUT2D eigenvalue weighted by Crippen LogP contribution is -2.48. The minimum atomic E-state index is -0.933. The van der Waals surface area contributed by atoms with Crippen molar-refractivity contribution in [1.82, 2.24) is 0 Å². The molecule has 0 aromatic heterocycles. The molecule has 0 saturated carbocycles. The smallest absolute Gasteiger partial charge is 0.185 e. The van der Waals surface area contributed by atoms with Crippen LogP contribution in [0.1, 0.15) is 16.8 Å². The van der Waals surface area contributed by atoms with Gasteiger partial charge in [-0.25, -0.2) is 0 Å². The van der Waals surface area contributed by atoms with E-state index in [2.05, 4.69) is 0 Å². The molecule has 1 aliphatic heterocycles. The third-order valence-corrected chi connectivity index (χ3v) is 3.12. The summed E-state index contributed by atoms with van der Waals surface area (Å²) in [6.45, 7) is 0.773. The normalized spacial score (nSPS) is 22.8. The van der Waals surface area contributed by atoms with Gasteiger partial charge >= 0.3 is 0 Å². The fraction of sp³-hybridized carbons (Fsp3) is 0.462. The van der Waals surface area contributed by atoms with E-state index in [1.807, 2.05) is 0 Å². The fourth-order valence-corrected chi connectivity index (χ4v) is 1.99. The third-order valence-electron chi connectivity index (χ3n) is 3.12. The Hall–Kier alpha value is -1.59. The summed E-state index contributed by atoms with van der Waals surface area (Å²) in [6.07, 6.45) is 0.533. The topological polar surface area (TPSA) is 70.8 Å². The van der Waals surface area contributed by atoms with Crippen molar-refractivity contribution in [2.24, 2.45) is 5.73 Å². The van der Waals surface area contributed by atoms with Crippen LogP contribution < -0.4 is 15.2 Å². The molecule has 1 saturated heterocycles. The van der Waals surface area contributed by atoms with E-state index in [1.165, 1.54) is 0 Å². The Morgan fingerprint density at radius 3 is 2.33 bits per heavy atom. The average Bonchev–Trinajstić information content (AvgIpc) is 2.85. The van der Waals surface area contributed by atoms with Gasteiger partial charge in [-0.05, 0) is 18.6 Å². The molecule has 5 heteroatoms. The number of hydrogen-bond donors (Lipinski definition) is 1. The van der Waals surface area contributed by atoms with Crippen LogP contribution in [0.15, 0.2) is 18.2 Å². The molecule has 1 unspecified atom stereocenters. The van der Waals surface area contributed by atoms with E-state index < -0.39 is 5.54 Å². The Bertz CT molecular complexity index is 430. The molecular weight excluding hydrogens is 234 g/mol. The number of rotatable bonds is 4. The maximum absolute atomic E-state index is 12.4. The molecule has 2 rings (SSSR count). The van der Waals surface area contributed by atoms with Crippen molar-refractivity contribution in [3.63, 3.8) is 0 Å². The van der Waals surface area contributed by atoms with Gasteiger partial charge in [0.25, 0.3) is 0 Å². The van der Waals surface area contributed by atoms with E-state index in [1.54, 1.807) is 32.4 Å². The summed E-state index contributed by atoms with van der Waals surface area (Å²) >= 11 is 0. The van der Waals surface area contributed by atoms with Crippen LogP contribution in [0.3, 0.4) is 0 Å². The first kappa shape index (κ1) is 12.9. The molecule has 0 radical (unpaired) electrons. The molecule has 18 heavy (non-hydrogen) atoms. The summed E-state index contributed by atoms with van der Waals surface area (Å²) in [6, 6.07) is 5.04. The molecule has 1 aliphatic rings. The van der Waals surface area contributed by atoms with E-state index in [9.17, 15) is 4.79 Å². The number of nitrogens with two attached hydrogens (primary N) is 1. The van der Waals surface area contributed by atoms with Crippen molar-refractivity contribution >= 4 is 5.78 Å². The monoisotopic (exact) mass is 251 g/mol. The minimum Gasteiger partial charge on any atom is -0.497 e. The van der Waals surface area contributed by atoms with E-state index in [0.29, 0.717) is 30.1 Å². The van der Waals surface area contributed by atoms with Crippen molar-refractivity contribution in [1.29, 1.82) is 0 Å². The summed E-state index contributed by atoms with van der Waals surface area (Å²) in [5.74, 6) is 0.998. The van der Waals surface area contributed by atoms with E-state index >= 15 is 0 Å². The quantitative estimate of drug-likeness (QED) is 0.808. The van der Waals surface area contributed by atoms with Crippen LogP contribution in [0.2, 0.25) is 0 Å². The van der Waals surface area contributed by atoms with E-state index in [0.717, 1.165) is 0 Å². The van der Waals surface area contributed by atoms with Gasteiger partial charge < -0.3 is 19.9 Å². The summed E-state index contributed by atoms with van der Waals surface area (Å²) in [4.78, 5) is 12.4. The third kappa shape index (κ3) is 2.32. The maximum atomic E-state index is 12.4. The van der Waals surface area contributed by atoms with Crippen molar-refractivity contribution in [2.45, 2.75) is 12.0 Å². The van der Waals surface area contributed by atoms with E-state index in [4.69, 9.17) is 19.9 Å². The number of Topliss-reactive ketones (excluding diaryl/α,β-unsaturated/α-hetero) is 1. The molecule has 0 amide bonds. The first-order valence-electron chi connectivity index (χ1n) is 5.73. The highest BCUT2D eigenvalue weighted by molar-refractivity contribution is 6.04. The van der Waals surface area contributed by atoms with Crippen LogP contribution in [0.25, 0.3) is 0 Å². The molecule has 98 valence electrons. The van der Waals surface area contributed by atoms with Crippen LogP contribution in [-0.2, 0) is 4.74 Å². The van der Waals surface area contributed by atoms with Crippen molar-refractivity contribution in [3.8, 4) is 11.5 Å². The molecule has 1 aromatic rings. The summed E-state index contributed by atoms with van der Waals surface area (Å²) in [5, 5.41) is 0. The Morgan fingerprint density at radius 1 is 1.28 bits per heavy atom. The summed E-state index contributed by atoms with van der Waals surface area (Å²) < 4.78 is 15.5. The standard InChI is InChI=1S/C13H17NO4/c1-16-10-5-9(6-11(7-10)17-2)12(15)13(14)3-4-18-8-13/h5-7H,3-4,8,14H2,1-2H3. The number of benzene rings is 1. The van der Waals surface area contributed by atoms with Crippen molar-refractivity contribution in [2.75, 3.05) is 27.4 Å². The van der Waals surface area contributed by atoms with Crippen LogP contribution in [0.4, 0.5) is 0 Å². The highest BCUT2D eigenvalue weighted by Crippen LogP contribution is 2.27. The zero-order valence-corrected chi connectivity index (χ0v) is 10.6. The molecule has 0 spiro atoms. The highest BCUT2D eigenvalue weighted by Gasteiger charge is 2.38. The van der Waals surface area contributed by atoms with Gasteiger partial charge in [0.15, 0.2) is 5.78 Å². The van der Waals surface area contributed by atoms with Crippen molar-refractivity contribution in [3.05, 3.63) is 23.8 Å². The molecule has 1 heterocycles. The van der Waals surface area contributed by atoms with Gasteiger partial charge in [0.1, 0.15) is 17.0 Å². The molecule has 0 bridgehead atoms. The molecular formula is C13H17NO4. The van der Waals surface area contributed by atoms with Gasteiger partial charge in [-0.2, -0.15) is 0 Å². The number of carbonyl (C=O) groups excluding carboxylic acids is 1. The van der Waals surface area contributed by atoms with Crippen LogP contribution in [-0.4, -0.2) is 38.8 Å². The van der Waals surface area contributed by atoms with Gasteiger partial charge in [-0.15, -0.1) is 0 Å². The average molecular weight is 251 g/mol. The molecule has 1 fully saturated rings. The van der Waals surface area contributed by atoms with Crippen LogP contribution in [0, 0.1) is 0 Å². The number of ether oxygens (including phenoxy) is 3. The van der Waals surface area contributed by atoms with Crippen LogP contribution >= 0.6 is 0 Å². The molecule has 5 nitrogen and oxygen atoms in total. The number of methoxy groups -OCH3 is 2. The predicted molar refractivity (Wildman–Crippen MR) is 66.2 cm³/mol. The van der Waals surface area contributed by atoms with Crippen molar-refractivity contribution < 1.29 is 19.0 Å². The zero-order valence-electron chi connectivity index (χ0n) is 10.6. The summed E-state index contributed by atoms with van der Waals surface area (Å²) in [5.41, 5.74) is 5.61. The largest absolute Gasteiger partial charge is 0.497 e. The van der Waals surface area contributed by atoms with Crippen LogP contribution in [0.5, 0.6) is 11.5 Å². The fourth-order valence-electron chi connectivity index (χ4n) is 1.99. The van der Waals surface area contributed by atoms with Gasteiger partial charge in [-0.1, -0.05) is 0 Å². The second-order valence-corrected chi connectivity index (χ2v) is 4.39. The highest BCUT2D eigenvalue weighted by atomic mass is 16.5. The number of ketones is 1. The lowest BCUT2D eigenvalue weighted by atomic mass is 9.89. The molecule has 1 atom stereocenters. The summed E-state index contributed by atoms with van der Waals surface area (Å²) in [7, 11) is 3.08. The Morgan fingerprint density at radius 2 is 1.89 bits per heavy atom. The van der Waals surface area contributed by atoms with E-state index in [-0.39, 0.29) is 12.4 Å². The number of carbonyl (C=O) groups is 1. The second kappa shape index (κ2) is 4.96. The minimum absolute atomic E-state index is 0.141. The zero-order chi connectivity index (χ0) is 13.2. The molecule has 1 aromatic carbocycles. The lowest BCUT2D eigenvalue weighted by molar-refractivity contribution is 0.0862. The lowest BCUT2D eigenvalue weighted by Gasteiger charge is -2.20. The van der Waals surface area contributed by atoms with Gasteiger partial charge in [-0.3, -0.25) is 4.79 Å². The SMILES string of the molecule is COc1cc(OC)cc(C(=O)C2(N)CCOC2)c1. The Kier molecular flexibility index (Phi) is 3.54. The first-order valence-corrected chi connectivity index (χ1v) is 5.73. The predicted octanol–water partition coefficient (Wildman–Crippen LogP) is 1.00. The first-order chi connectivity index (χ1) is 8.59. The molecule has 0 aliphatic carbocycles. The molecule has 2 N–H and O–H groups in total. The second-order valence-electron chi connectivity index (χ2n) is 4.39. The van der Waals surface area contributed by atoms with Gasteiger partial charge in [0.05, 0.1) is 20.8 Å². The Balaban J connectivity index is 2.34. The number of hydrogen-bond acceptors (Lipinski definition) is 5. The van der Waals surface area contributed by atoms with Gasteiger partial charge in [0, 0.05) is 18.2 Å². The van der Waals surface area contributed by atoms with Gasteiger partial charge in [0.2, 0.25) is 0 Å².